The highest BCUT2D eigenvalue weighted by Gasteiger charge is 2.37. The number of nitrogens with one attached hydrogen (secondary N) is 11. The van der Waals surface area contributed by atoms with Crippen molar-refractivity contribution in [1.29, 1.82) is 0 Å². The second-order valence-electron chi connectivity index (χ2n) is 21.4. The molecule has 1 rings (SSSR count). The molecule has 0 aromatic rings. The molecule has 1 aliphatic rings. The quantitative estimate of drug-likeness (QED) is 0.0153. The first kappa shape index (κ1) is 76.7. The highest BCUT2D eigenvalue weighted by Crippen LogP contribution is 2.13. The van der Waals surface area contributed by atoms with Crippen molar-refractivity contribution < 1.29 is 102 Å². The molecule has 37 heteroatoms. The number of carbonyl (C=O) groups excluding carboxylic acids is 13. The van der Waals surface area contributed by atoms with E-state index in [-0.39, 0.29) is 56.9 Å². The molecule has 13 amide bonds. The van der Waals surface area contributed by atoms with Crippen LogP contribution in [0.2, 0.25) is 0 Å². The first-order valence-corrected chi connectivity index (χ1v) is 27.9. The summed E-state index contributed by atoms with van der Waals surface area (Å²) < 4.78 is 0. The number of hydrogen-bond acceptors (Lipinski definition) is 19. The Morgan fingerprint density at radius 1 is 0.477 bits per heavy atom. The van der Waals surface area contributed by atoms with Crippen molar-refractivity contribution in [2.75, 3.05) is 19.8 Å². The van der Waals surface area contributed by atoms with Crippen LogP contribution in [0.3, 0.4) is 0 Å². The maximum absolute atomic E-state index is 14.2. The molecular weight excluding hydrogens is 1170 g/mol. The van der Waals surface area contributed by atoms with Gasteiger partial charge in [-0.05, 0) is 70.1 Å². The van der Waals surface area contributed by atoms with E-state index in [4.69, 9.17) is 28.0 Å². The predicted molar refractivity (Wildman–Crippen MR) is 303 cm³/mol. The van der Waals surface area contributed by atoms with Crippen LogP contribution in [0.15, 0.2) is 4.99 Å². The lowest BCUT2D eigenvalue weighted by atomic mass is 10.0. The minimum Gasteiger partial charge on any atom is -0.481 e. The van der Waals surface area contributed by atoms with Gasteiger partial charge in [0.15, 0.2) is 5.96 Å². The molecule has 24 N–H and O–H groups in total. The fourth-order valence-corrected chi connectivity index (χ4v) is 8.26. The first-order chi connectivity index (χ1) is 41.1. The fraction of sp³-hybridized carbons (Fsp3) is 0.667. The molecule has 0 aromatic heterocycles. The largest absolute Gasteiger partial charge is 0.481 e. The number of primary amides is 2. The zero-order valence-corrected chi connectivity index (χ0v) is 49.3. The lowest BCUT2D eigenvalue weighted by molar-refractivity contribution is -0.144. The van der Waals surface area contributed by atoms with Crippen LogP contribution in [0, 0.1) is 11.8 Å². The number of aliphatic imine (C=N–C) groups is 1. The van der Waals surface area contributed by atoms with Gasteiger partial charge in [-0.2, -0.15) is 0 Å². The van der Waals surface area contributed by atoms with Gasteiger partial charge in [0.2, 0.25) is 76.8 Å². The van der Waals surface area contributed by atoms with Crippen LogP contribution in [-0.4, -0.2) is 212 Å². The molecular formula is C51H84N16O21. The molecule has 0 radical (unpaired) electrons. The number of hydrogen-bond donors (Lipinski definition) is 20. The predicted octanol–water partition coefficient (Wildman–Crippen LogP) is -8.78. The van der Waals surface area contributed by atoms with Gasteiger partial charge in [-0.25, -0.2) is 4.79 Å². The molecule has 88 heavy (non-hydrogen) atoms. The number of nitrogens with zero attached hydrogens (tertiary/aromatic N) is 1. The van der Waals surface area contributed by atoms with E-state index < -0.39 is 225 Å². The molecule has 0 aromatic carbocycles. The van der Waals surface area contributed by atoms with Crippen LogP contribution in [-0.2, 0) is 76.7 Å². The second kappa shape index (κ2) is 38.7. The fourth-order valence-electron chi connectivity index (χ4n) is 8.26. The molecule has 494 valence electrons. The van der Waals surface area contributed by atoms with Gasteiger partial charge in [-0.3, -0.25) is 76.9 Å². The number of amides is 13. The van der Waals surface area contributed by atoms with E-state index in [0.717, 1.165) is 0 Å². The van der Waals surface area contributed by atoms with Crippen molar-refractivity contribution in [3.8, 4) is 0 Å². The number of aliphatic hydroxyl groups excluding tert-OH is 2. The summed E-state index contributed by atoms with van der Waals surface area (Å²) in [6.07, 6.45) is -5.01. The van der Waals surface area contributed by atoms with Gasteiger partial charge in [-0.1, -0.05) is 27.7 Å². The minimum atomic E-state index is -1.87. The topological polar surface area (TPSA) is 623 Å². The SMILES string of the molecule is CC(C)C[C@H](NC(=O)[C@H](C)NC(=O)[C@H](CCCN=C(N)N)NC(=O)[C@H](CCC(=O)O)NC(=O)[C@H](CC(C)C)NC(=O)[C@H](CCC(N)=O)NC(=O)[C@H](CCC(=O)O)NC(=O)[C@@H]1CCC(=O)N1)C(=O)N[C@@H](CC(N)=O)C(=O)N[C@@H](CO)C(=O)N[C@@H](CO)C(=O)O. The van der Waals surface area contributed by atoms with Crippen LogP contribution >= 0.6 is 0 Å². The molecule has 1 aliphatic heterocycles. The number of nitrogens with two attached hydrogens (primary N) is 4. The monoisotopic (exact) mass is 1260 g/mol. The van der Waals surface area contributed by atoms with E-state index >= 15 is 0 Å². The maximum atomic E-state index is 14.2. The standard InChI is InChI=1S/C51H84N16O21/c1-22(2)17-30(47(84)65-32(19-36(53)71)48(85)66-33(20-68)49(86)67-34(21-69)50(87)88)63-40(77)24(5)57-41(78)25(7-6-16-56-51(54)55)59-43(80)29(11-15-39(75)76)62-46(83)31(18-23(3)4)64-45(82)27(8-12-35(52)70)60-44(81)28(10-14-38(73)74)61-42(79)26-9-13-37(72)58-26/h22-34,68-69H,6-21H2,1-5H3,(H2,52,70)(H2,53,71)(H,57,78)(H,58,72)(H,59,80)(H,60,81)(H,61,79)(H,62,83)(H,63,77)(H,64,82)(H,65,84)(H,66,85)(H,67,86)(H,73,74)(H,75,76)(H,87,88)(H4,54,55,56)/t24-,25-,26-,27-,28-,29-,30-,31-,32-,33-,34-/m0/s1. The van der Waals surface area contributed by atoms with E-state index in [1.165, 1.54) is 6.92 Å². The number of rotatable bonds is 42. The lowest BCUT2D eigenvalue weighted by Crippen LogP contribution is -2.61. The second-order valence-corrected chi connectivity index (χ2v) is 21.4. The van der Waals surface area contributed by atoms with Gasteiger partial charge in [0.25, 0.3) is 0 Å². The van der Waals surface area contributed by atoms with E-state index in [2.05, 4.69) is 52.8 Å². The van der Waals surface area contributed by atoms with Crippen LogP contribution in [0.25, 0.3) is 0 Å². The van der Waals surface area contributed by atoms with Crippen LogP contribution in [0.4, 0.5) is 0 Å². The summed E-state index contributed by atoms with van der Waals surface area (Å²) in [6, 6.07) is -18.0. The lowest BCUT2D eigenvalue weighted by Gasteiger charge is -2.28. The summed E-state index contributed by atoms with van der Waals surface area (Å²) in [5.74, 6) is -19.1. The Hall–Kier alpha value is -9.29. The average molecular weight is 1260 g/mol. The number of carboxylic acid groups (broad SMARTS) is 3. The maximum Gasteiger partial charge on any atom is 0.328 e. The van der Waals surface area contributed by atoms with Crippen LogP contribution in [0.1, 0.15) is 118 Å². The third-order valence-electron chi connectivity index (χ3n) is 12.8. The van der Waals surface area contributed by atoms with Gasteiger partial charge in [0, 0.05) is 32.2 Å². The van der Waals surface area contributed by atoms with Gasteiger partial charge in [0.1, 0.15) is 66.5 Å². The Morgan fingerprint density at radius 2 is 0.852 bits per heavy atom. The number of carbonyl (C=O) groups is 16. The smallest absolute Gasteiger partial charge is 0.328 e. The summed E-state index contributed by atoms with van der Waals surface area (Å²) in [5.41, 5.74) is 21.6. The number of aliphatic carboxylic acids is 3. The third kappa shape index (κ3) is 29.7. The Morgan fingerprint density at radius 3 is 1.26 bits per heavy atom. The zero-order valence-electron chi connectivity index (χ0n) is 49.3. The third-order valence-corrected chi connectivity index (χ3v) is 12.8. The van der Waals surface area contributed by atoms with Crippen molar-refractivity contribution in [2.24, 2.45) is 39.8 Å². The summed E-state index contributed by atoms with van der Waals surface area (Å²) in [7, 11) is 0. The van der Waals surface area contributed by atoms with Crippen LogP contribution < -0.4 is 81.4 Å². The molecule has 0 unspecified atom stereocenters. The van der Waals surface area contributed by atoms with Gasteiger partial charge in [-0.15, -0.1) is 0 Å². The van der Waals surface area contributed by atoms with E-state index in [1.54, 1.807) is 27.7 Å². The molecule has 1 fully saturated rings. The molecule has 11 atom stereocenters. The summed E-state index contributed by atoms with van der Waals surface area (Å²) in [5, 5.41) is 72.5. The van der Waals surface area contributed by atoms with Crippen molar-refractivity contribution >= 4 is 101 Å². The molecule has 0 saturated carbocycles. The minimum absolute atomic E-state index is 0.00114. The Bertz CT molecular complexity index is 2560. The van der Waals surface area contributed by atoms with E-state index in [0.29, 0.717) is 0 Å². The molecule has 0 spiro atoms. The van der Waals surface area contributed by atoms with E-state index in [9.17, 15) is 97.1 Å². The molecule has 0 aliphatic carbocycles. The van der Waals surface area contributed by atoms with Gasteiger partial charge < -0.3 is 107 Å². The van der Waals surface area contributed by atoms with E-state index in [1.807, 2.05) is 10.6 Å². The van der Waals surface area contributed by atoms with Crippen molar-refractivity contribution in [1.82, 2.24) is 58.5 Å². The summed E-state index contributed by atoms with van der Waals surface area (Å²) in [4.78, 5) is 211. The average Bonchev–Trinajstić information content (AvgIpc) is 3.27. The number of guanidine groups is 1. The molecule has 37 nitrogen and oxygen atoms in total. The molecule has 0 bridgehead atoms. The highest BCUT2D eigenvalue weighted by molar-refractivity contribution is 6.00. The number of aliphatic hydroxyl groups is 2. The summed E-state index contributed by atoms with van der Waals surface area (Å²) in [6.45, 7) is 5.41. The molecule has 1 saturated heterocycles. The first-order valence-electron chi connectivity index (χ1n) is 27.9. The van der Waals surface area contributed by atoms with Crippen molar-refractivity contribution in [3.63, 3.8) is 0 Å². The van der Waals surface area contributed by atoms with Crippen molar-refractivity contribution in [3.05, 3.63) is 0 Å². The van der Waals surface area contributed by atoms with Gasteiger partial charge >= 0.3 is 17.9 Å². The Balaban J connectivity index is 3.53. The summed E-state index contributed by atoms with van der Waals surface area (Å²) >= 11 is 0. The highest BCUT2D eigenvalue weighted by atomic mass is 16.4. The number of carboxylic acids is 3. The Kier molecular flexibility index (Phi) is 33.7. The normalized spacial score (nSPS) is 16.1. The Labute approximate surface area is 504 Å². The van der Waals surface area contributed by atoms with Crippen molar-refractivity contribution in [2.45, 2.75) is 185 Å². The molecule has 1 heterocycles. The van der Waals surface area contributed by atoms with Gasteiger partial charge in [0.05, 0.1) is 19.6 Å². The van der Waals surface area contributed by atoms with Crippen LogP contribution in [0.5, 0.6) is 0 Å². The zero-order chi connectivity index (χ0) is 67.1.